The quantitative estimate of drug-likeness (QED) is 0.812. The summed E-state index contributed by atoms with van der Waals surface area (Å²) in [7, 11) is 0. The second-order valence-electron chi connectivity index (χ2n) is 6.11. The summed E-state index contributed by atoms with van der Waals surface area (Å²) in [6, 6.07) is 4.81. The monoisotopic (exact) mass is 292 g/mol. The van der Waals surface area contributed by atoms with Crippen molar-refractivity contribution in [3.63, 3.8) is 0 Å². The van der Waals surface area contributed by atoms with E-state index < -0.39 is 0 Å². The Hall–Kier alpha value is -1.55. The molecule has 118 valence electrons. The van der Waals surface area contributed by atoms with E-state index in [2.05, 4.69) is 36.6 Å². The van der Waals surface area contributed by atoms with Crippen LogP contribution in [0.15, 0.2) is 12.1 Å². The normalized spacial score (nSPS) is 11.0. The van der Waals surface area contributed by atoms with Crippen molar-refractivity contribution in [3.8, 4) is 5.75 Å². The molecular weight excluding hydrogens is 264 g/mol. The Bertz CT molecular complexity index is 459. The molecule has 0 aliphatic heterocycles. The average Bonchev–Trinajstić information content (AvgIpc) is 2.34. The molecule has 0 fully saturated rings. The maximum absolute atomic E-state index is 11.6. The van der Waals surface area contributed by atoms with E-state index in [-0.39, 0.29) is 18.6 Å². The molecule has 0 aromatic heterocycles. The first-order chi connectivity index (χ1) is 9.79. The number of amides is 1. The molecule has 0 unspecified atom stereocenters. The first-order valence-corrected chi connectivity index (χ1v) is 7.55. The van der Waals surface area contributed by atoms with Crippen molar-refractivity contribution in [1.29, 1.82) is 0 Å². The summed E-state index contributed by atoms with van der Waals surface area (Å²) < 4.78 is 5.68. The van der Waals surface area contributed by atoms with Gasteiger partial charge in [-0.15, -0.1) is 0 Å². The Morgan fingerprint density at radius 3 is 2.14 bits per heavy atom. The number of carbonyl (C=O) groups is 1. The molecule has 4 heteroatoms. The second kappa shape index (κ2) is 8.03. The van der Waals surface area contributed by atoms with Gasteiger partial charge in [-0.2, -0.15) is 0 Å². The number of rotatable bonds is 7. The molecule has 4 nitrogen and oxygen atoms in total. The number of carbonyl (C=O) groups excluding carboxylic acids is 1. The molecule has 21 heavy (non-hydrogen) atoms. The summed E-state index contributed by atoms with van der Waals surface area (Å²) in [6.45, 7) is 13.1. The zero-order valence-electron chi connectivity index (χ0n) is 14.0. The predicted molar refractivity (Wildman–Crippen MR) is 86.7 cm³/mol. The molecular formula is C17H28N2O2. The van der Waals surface area contributed by atoms with Crippen LogP contribution in [-0.2, 0) is 11.3 Å². The van der Waals surface area contributed by atoms with Gasteiger partial charge in [-0.1, -0.05) is 26.0 Å². The van der Waals surface area contributed by atoms with Gasteiger partial charge in [0.15, 0.2) is 6.61 Å². The third-order valence-corrected chi connectivity index (χ3v) is 3.03. The van der Waals surface area contributed by atoms with Gasteiger partial charge in [0.05, 0.1) is 0 Å². The minimum atomic E-state index is -0.0886. The fraction of sp³-hybridized carbons (Fsp3) is 0.588. The first kappa shape index (κ1) is 17.5. The topological polar surface area (TPSA) is 50.4 Å². The average molecular weight is 292 g/mol. The highest BCUT2D eigenvalue weighted by Crippen LogP contribution is 2.24. The Morgan fingerprint density at radius 1 is 1.10 bits per heavy atom. The molecule has 1 rings (SSSR count). The van der Waals surface area contributed by atoms with Gasteiger partial charge >= 0.3 is 0 Å². The van der Waals surface area contributed by atoms with Crippen LogP contribution >= 0.6 is 0 Å². The van der Waals surface area contributed by atoms with Gasteiger partial charge in [-0.3, -0.25) is 4.79 Å². The van der Waals surface area contributed by atoms with Crippen LogP contribution in [0.5, 0.6) is 5.75 Å². The Balaban J connectivity index is 2.69. The van der Waals surface area contributed by atoms with E-state index in [1.54, 1.807) is 0 Å². The largest absolute Gasteiger partial charge is 0.483 e. The maximum atomic E-state index is 11.6. The van der Waals surface area contributed by atoms with Crippen LogP contribution < -0.4 is 15.4 Å². The van der Waals surface area contributed by atoms with Crippen LogP contribution in [0.2, 0.25) is 0 Å². The minimum Gasteiger partial charge on any atom is -0.483 e. The smallest absolute Gasteiger partial charge is 0.258 e. The molecule has 0 saturated heterocycles. The molecule has 1 aromatic rings. The first-order valence-electron chi connectivity index (χ1n) is 7.55. The standard InChI is InChI=1S/C17H28N2O2/c1-11(2)18-9-15-7-13(5)17(14(6)8-15)21-10-16(20)19-12(3)4/h7-8,11-12,18H,9-10H2,1-6H3,(H,19,20). The van der Waals surface area contributed by atoms with Crippen LogP contribution in [-0.4, -0.2) is 24.6 Å². The van der Waals surface area contributed by atoms with Crippen LogP contribution in [0.4, 0.5) is 0 Å². The lowest BCUT2D eigenvalue weighted by atomic mass is 10.1. The zero-order valence-corrected chi connectivity index (χ0v) is 14.0. The molecule has 0 radical (unpaired) electrons. The van der Waals surface area contributed by atoms with Crippen molar-refractivity contribution in [2.24, 2.45) is 0 Å². The van der Waals surface area contributed by atoms with Gasteiger partial charge in [0.2, 0.25) is 0 Å². The molecule has 0 bridgehead atoms. The molecule has 0 aliphatic carbocycles. The molecule has 0 heterocycles. The van der Waals surface area contributed by atoms with Gasteiger partial charge in [0, 0.05) is 18.6 Å². The predicted octanol–water partition coefficient (Wildman–Crippen LogP) is 2.70. The van der Waals surface area contributed by atoms with Crippen molar-refractivity contribution in [2.45, 2.75) is 60.2 Å². The van der Waals surface area contributed by atoms with Crippen molar-refractivity contribution < 1.29 is 9.53 Å². The lowest BCUT2D eigenvalue weighted by molar-refractivity contribution is -0.123. The van der Waals surface area contributed by atoms with Crippen LogP contribution in [0, 0.1) is 13.8 Å². The summed E-state index contributed by atoms with van der Waals surface area (Å²) in [5, 5.41) is 6.22. The molecule has 0 atom stereocenters. The number of ether oxygens (including phenoxy) is 1. The number of hydrogen-bond acceptors (Lipinski definition) is 3. The molecule has 1 aromatic carbocycles. The summed E-state index contributed by atoms with van der Waals surface area (Å²) in [5.74, 6) is 0.719. The van der Waals surface area contributed by atoms with Gasteiger partial charge < -0.3 is 15.4 Å². The fourth-order valence-corrected chi connectivity index (χ4v) is 2.19. The van der Waals surface area contributed by atoms with Crippen molar-refractivity contribution in [2.75, 3.05) is 6.61 Å². The van der Waals surface area contributed by atoms with E-state index in [1.165, 1.54) is 5.56 Å². The second-order valence-corrected chi connectivity index (χ2v) is 6.11. The summed E-state index contributed by atoms with van der Waals surface area (Å²) >= 11 is 0. The lowest BCUT2D eigenvalue weighted by Crippen LogP contribution is -2.34. The molecule has 2 N–H and O–H groups in total. The van der Waals surface area contributed by atoms with Crippen LogP contribution in [0.25, 0.3) is 0 Å². The lowest BCUT2D eigenvalue weighted by Gasteiger charge is -2.16. The van der Waals surface area contributed by atoms with E-state index in [9.17, 15) is 4.79 Å². The van der Waals surface area contributed by atoms with Gasteiger partial charge in [-0.05, 0) is 44.4 Å². The van der Waals surface area contributed by atoms with Crippen molar-refractivity contribution in [3.05, 3.63) is 28.8 Å². The van der Waals surface area contributed by atoms with E-state index in [0.29, 0.717) is 6.04 Å². The fourth-order valence-electron chi connectivity index (χ4n) is 2.19. The van der Waals surface area contributed by atoms with Gasteiger partial charge in [-0.25, -0.2) is 0 Å². The summed E-state index contributed by atoms with van der Waals surface area (Å²) in [6.07, 6.45) is 0. The number of aryl methyl sites for hydroxylation is 2. The summed E-state index contributed by atoms with van der Waals surface area (Å²) in [5.41, 5.74) is 3.36. The highest BCUT2D eigenvalue weighted by atomic mass is 16.5. The highest BCUT2D eigenvalue weighted by Gasteiger charge is 2.10. The Labute approximate surface area is 128 Å². The molecule has 0 aliphatic rings. The molecule has 0 saturated carbocycles. The molecule has 1 amide bonds. The van der Waals surface area contributed by atoms with E-state index in [4.69, 9.17) is 4.74 Å². The van der Waals surface area contributed by atoms with Gasteiger partial charge in [0.1, 0.15) is 5.75 Å². The van der Waals surface area contributed by atoms with Crippen LogP contribution in [0.1, 0.15) is 44.4 Å². The Kier molecular flexibility index (Phi) is 6.69. The van der Waals surface area contributed by atoms with E-state index >= 15 is 0 Å². The zero-order chi connectivity index (χ0) is 16.0. The SMILES string of the molecule is Cc1cc(CNC(C)C)cc(C)c1OCC(=O)NC(C)C. The number of nitrogens with one attached hydrogen (secondary N) is 2. The minimum absolute atomic E-state index is 0.0590. The Morgan fingerprint density at radius 2 is 1.67 bits per heavy atom. The van der Waals surface area contributed by atoms with E-state index in [1.807, 2.05) is 27.7 Å². The third-order valence-electron chi connectivity index (χ3n) is 3.03. The maximum Gasteiger partial charge on any atom is 0.258 e. The summed E-state index contributed by atoms with van der Waals surface area (Å²) in [4.78, 5) is 11.6. The number of benzene rings is 1. The van der Waals surface area contributed by atoms with Crippen LogP contribution in [0.3, 0.4) is 0 Å². The van der Waals surface area contributed by atoms with Gasteiger partial charge in [0.25, 0.3) is 5.91 Å². The van der Waals surface area contributed by atoms with Crippen molar-refractivity contribution in [1.82, 2.24) is 10.6 Å². The van der Waals surface area contributed by atoms with E-state index in [0.717, 1.165) is 23.4 Å². The number of hydrogen-bond donors (Lipinski definition) is 2. The van der Waals surface area contributed by atoms with Crippen molar-refractivity contribution >= 4 is 5.91 Å². The third kappa shape index (κ3) is 6.17. The molecule has 0 spiro atoms. The highest BCUT2D eigenvalue weighted by molar-refractivity contribution is 5.77.